The predicted molar refractivity (Wildman–Crippen MR) is 99.3 cm³/mol. The van der Waals surface area contributed by atoms with Crippen molar-refractivity contribution in [3.8, 4) is 0 Å². The summed E-state index contributed by atoms with van der Waals surface area (Å²) in [6, 6.07) is 7.57. The van der Waals surface area contributed by atoms with E-state index in [1.165, 1.54) is 10.9 Å². The lowest BCUT2D eigenvalue weighted by atomic mass is 10.1. The monoisotopic (exact) mass is 421 g/mol. The second kappa shape index (κ2) is 7.03. The fourth-order valence-electron chi connectivity index (χ4n) is 3.01. The normalized spacial score (nSPS) is 16.1. The molecule has 1 saturated heterocycles. The fourth-order valence-corrected chi connectivity index (χ4v) is 3.69. The van der Waals surface area contributed by atoms with Crippen LogP contribution in [0, 0.1) is 5.82 Å². The molecule has 5 nitrogen and oxygen atoms in total. The number of nitrogens with one attached hydrogen (secondary N) is 1. The van der Waals surface area contributed by atoms with Gasteiger partial charge in [-0.1, -0.05) is 12.1 Å². The number of hydrogen-bond acceptors (Lipinski definition) is 4. The van der Waals surface area contributed by atoms with Crippen molar-refractivity contribution in [3.05, 3.63) is 70.0 Å². The Hall–Kier alpha value is -3.14. The molecule has 4 rings (SSSR count). The van der Waals surface area contributed by atoms with Gasteiger partial charge in [0.15, 0.2) is 0 Å². The van der Waals surface area contributed by atoms with Crippen molar-refractivity contribution >= 4 is 39.9 Å². The number of nitrogens with zero attached hydrogens (tertiary/aromatic N) is 2. The second-order valence-corrected chi connectivity index (χ2v) is 7.29. The Labute approximate surface area is 165 Å². The zero-order valence-corrected chi connectivity index (χ0v) is 15.3. The number of carbonyl (C=O) groups is 2. The van der Waals surface area contributed by atoms with E-state index in [0.29, 0.717) is 22.5 Å². The molecule has 0 saturated carbocycles. The molecule has 29 heavy (non-hydrogen) atoms. The highest BCUT2D eigenvalue weighted by molar-refractivity contribution is 8.18. The molecule has 1 aliphatic rings. The van der Waals surface area contributed by atoms with Crippen LogP contribution in [0.3, 0.4) is 0 Å². The molecule has 1 fully saturated rings. The van der Waals surface area contributed by atoms with Crippen LogP contribution >= 0.6 is 11.8 Å². The van der Waals surface area contributed by atoms with Crippen LogP contribution in [0.25, 0.3) is 17.0 Å². The Bertz CT molecular complexity index is 1180. The summed E-state index contributed by atoms with van der Waals surface area (Å²) in [4.78, 5) is 23.1. The van der Waals surface area contributed by atoms with Crippen LogP contribution in [0.2, 0.25) is 0 Å². The topological polar surface area (TPSA) is 64.0 Å². The van der Waals surface area contributed by atoms with Crippen LogP contribution in [-0.4, -0.2) is 20.9 Å². The van der Waals surface area contributed by atoms with Crippen molar-refractivity contribution in [1.82, 2.24) is 15.1 Å². The average molecular weight is 421 g/mol. The van der Waals surface area contributed by atoms with Gasteiger partial charge in [0.2, 0.25) is 0 Å². The summed E-state index contributed by atoms with van der Waals surface area (Å²) < 4.78 is 54.3. The third-order valence-corrected chi connectivity index (χ3v) is 5.11. The molecule has 2 aromatic carbocycles. The zero-order valence-electron chi connectivity index (χ0n) is 14.5. The van der Waals surface area contributed by atoms with Crippen LogP contribution < -0.4 is 5.32 Å². The molecule has 0 spiro atoms. The second-order valence-electron chi connectivity index (χ2n) is 6.27. The number of hydrogen-bond donors (Lipinski definition) is 1. The molecule has 1 aromatic heterocycles. The summed E-state index contributed by atoms with van der Waals surface area (Å²) in [5, 5.41) is 6.49. The Morgan fingerprint density at radius 1 is 1.14 bits per heavy atom. The van der Waals surface area contributed by atoms with Crippen LogP contribution in [0.1, 0.15) is 16.7 Å². The first-order valence-corrected chi connectivity index (χ1v) is 9.08. The van der Waals surface area contributed by atoms with E-state index in [-0.39, 0.29) is 17.0 Å². The molecule has 0 aliphatic carbocycles. The molecule has 0 unspecified atom stereocenters. The summed E-state index contributed by atoms with van der Waals surface area (Å²) in [7, 11) is 0. The lowest BCUT2D eigenvalue weighted by molar-refractivity contribution is -0.138. The zero-order chi connectivity index (χ0) is 20.8. The largest absolute Gasteiger partial charge is 0.416 e. The molecule has 0 atom stereocenters. The van der Waals surface area contributed by atoms with Gasteiger partial charge in [-0.3, -0.25) is 19.6 Å². The third kappa shape index (κ3) is 3.88. The Morgan fingerprint density at radius 3 is 2.62 bits per heavy atom. The van der Waals surface area contributed by atoms with Gasteiger partial charge in [0.1, 0.15) is 5.82 Å². The van der Waals surface area contributed by atoms with Gasteiger partial charge in [-0.25, -0.2) is 4.39 Å². The maximum Gasteiger partial charge on any atom is 0.416 e. The lowest BCUT2D eigenvalue weighted by Crippen LogP contribution is -2.17. The molecule has 148 valence electrons. The van der Waals surface area contributed by atoms with Crippen LogP contribution in [0.5, 0.6) is 0 Å². The predicted octanol–water partition coefficient (Wildman–Crippen LogP) is 4.57. The van der Waals surface area contributed by atoms with Gasteiger partial charge in [0.25, 0.3) is 11.1 Å². The molecule has 2 heterocycles. The van der Waals surface area contributed by atoms with Crippen molar-refractivity contribution in [2.45, 2.75) is 12.7 Å². The van der Waals surface area contributed by atoms with E-state index < -0.39 is 28.7 Å². The van der Waals surface area contributed by atoms with E-state index in [1.807, 2.05) is 0 Å². The number of alkyl halides is 3. The SMILES string of the molecule is O=C1NC(=O)/C(=C/c2ccc3c(cnn3Cc3ccc(F)cc3C(F)(F)F)c2)S1. The van der Waals surface area contributed by atoms with Crippen LogP contribution in [0.4, 0.5) is 22.4 Å². The smallest absolute Gasteiger partial charge is 0.282 e. The first kappa shape index (κ1) is 19.2. The van der Waals surface area contributed by atoms with Gasteiger partial charge in [0, 0.05) is 5.39 Å². The maximum atomic E-state index is 13.3. The van der Waals surface area contributed by atoms with E-state index in [4.69, 9.17) is 0 Å². The van der Waals surface area contributed by atoms with Gasteiger partial charge in [0.05, 0.1) is 28.7 Å². The molecular weight excluding hydrogens is 410 g/mol. The van der Waals surface area contributed by atoms with E-state index >= 15 is 0 Å². The number of fused-ring (bicyclic) bond motifs is 1. The van der Waals surface area contributed by atoms with E-state index in [0.717, 1.165) is 23.9 Å². The fraction of sp³-hybridized carbons (Fsp3) is 0.105. The number of thioether (sulfide) groups is 1. The van der Waals surface area contributed by atoms with Gasteiger partial charge >= 0.3 is 6.18 Å². The average Bonchev–Trinajstić information content (AvgIpc) is 3.18. The molecule has 3 aromatic rings. The molecular formula is C19H11F4N3O2S. The summed E-state index contributed by atoms with van der Waals surface area (Å²) >= 11 is 0.789. The minimum Gasteiger partial charge on any atom is -0.282 e. The number of aromatic nitrogens is 2. The van der Waals surface area contributed by atoms with Gasteiger partial charge < -0.3 is 0 Å². The van der Waals surface area contributed by atoms with Crippen molar-refractivity contribution in [1.29, 1.82) is 0 Å². The Balaban J connectivity index is 1.67. The Kier molecular flexibility index (Phi) is 4.65. The van der Waals surface area contributed by atoms with Crippen molar-refractivity contribution in [3.63, 3.8) is 0 Å². The van der Waals surface area contributed by atoms with Gasteiger partial charge in [-0.2, -0.15) is 18.3 Å². The highest BCUT2D eigenvalue weighted by Crippen LogP contribution is 2.33. The number of rotatable bonds is 3. The minimum atomic E-state index is -4.68. The molecule has 0 bridgehead atoms. The summed E-state index contributed by atoms with van der Waals surface area (Å²) in [5.74, 6) is -1.44. The molecule has 2 amide bonds. The number of amides is 2. The highest BCUT2D eigenvalue weighted by Gasteiger charge is 2.34. The molecule has 1 aliphatic heterocycles. The molecule has 10 heteroatoms. The van der Waals surface area contributed by atoms with E-state index in [9.17, 15) is 27.2 Å². The summed E-state index contributed by atoms with van der Waals surface area (Å²) in [6.07, 6.45) is -1.65. The first-order chi connectivity index (χ1) is 13.7. The summed E-state index contributed by atoms with van der Waals surface area (Å²) in [5.41, 5.74) is 0.0652. The standard InChI is InChI=1S/C19H11F4N3O2S/c20-13-3-2-11(14(7-13)19(21,22)23)9-26-15-4-1-10(5-12(15)8-24-26)6-16-17(27)25-18(28)29-16/h1-8H,9H2,(H,25,27,28)/b16-6-. The number of benzene rings is 2. The first-order valence-electron chi connectivity index (χ1n) is 8.27. The number of halogens is 4. The summed E-state index contributed by atoms with van der Waals surface area (Å²) in [6.45, 7) is -0.189. The highest BCUT2D eigenvalue weighted by atomic mass is 32.2. The number of carbonyl (C=O) groups excluding carboxylic acids is 2. The van der Waals surface area contributed by atoms with Gasteiger partial charge in [-0.05, 0) is 53.2 Å². The van der Waals surface area contributed by atoms with Crippen molar-refractivity contribution in [2.24, 2.45) is 0 Å². The minimum absolute atomic E-state index is 0.104. The third-order valence-electron chi connectivity index (χ3n) is 4.30. The van der Waals surface area contributed by atoms with Crippen molar-refractivity contribution in [2.75, 3.05) is 0 Å². The van der Waals surface area contributed by atoms with Crippen LogP contribution in [-0.2, 0) is 17.5 Å². The maximum absolute atomic E-state index is 13.3. The van der Waals surface area contributed by atoms with E-state index in [1.54, 1.807) is 24.3 Å². The molecule has 1 N–H and O–H groups in total. The lowest BCUT2D eigenvalue weighted by Gasteiger charge is -2.13. The van der Waals surface area contributed by atoms with Crippen LogP contribution in [0.15, 0.2) is 47.5 Å². The Morgan fingerprint density at radius 2 is 1.93 bits per heavy atom. The van der Waals surface area contributed by atoms with Crippen molar-refractivity contribution < 1.29 is 27.2 Å². The van der Waals surface area contributed by atoms with E-state index in [2.05, 4.69) is 10.4 Å². The molecule has 0 radical (unpaired) electrons. The number of imide groups is 1. The quantitative estimate of drug-likeness (QED) is 0.497. The van der Waals surface area contributed by atoms with Gasteiger partial charge in [-0.15, -0.1) is 0 Å².